The first kappa shape index (κ1) is 19.4. The first-order valence-corrected chi connectivity index (χ1v) is 8.86. The Morgan fingerprint density at radius 1 is 1.00 bits per heavy atom. The van der Waals surface area contributed by atoms with Gasteiger partial charge in [-0.3, -0.25) is 0 Å². The zero-order valence-electron chi connectivity index (χ0n) is 13.4. The molecule has 0 spiro atoms. The molecule has 0 atom stereocenters. The molecule has 2 aromatic rings. The summed E-state index contributed by atoms with van der Waals surface area (Å²) in [5, 5.41) is 5.07. The van der Waals surface area contributed by atoms with Crippen LogP contribution in [0.3, 0.4) is 0 Å². The van der Waals surface area contributed by atoms with Gasteiger partial charge in [0.2, 0.25) is 0 Å². The van der Waals surface area contributed by atoms with E-state index in [2.05, 4.69) is 5.32 Å². The summed E-state index contributed by atoms with van der Waals surface area (Å²) in [5.74, 6) is 0.861. The van der Waals surface area contributed by atoms with Gasteiger partial charge in [-0.25, -0.2) is 0 Å². The molecule has 0 radical (unpaired) electrons. The van der Waals surface area contributed by atoms with Crippen LogP contribution in [0.2, 0.25) is 10.0 Å². The smallest absolute Gasteiger partial charge is 0.124 e. The topological polar surface area (TPSA) is 21.3 Å². The summed E-state index contributed by atoms with van der Waals surface area (Å²) in [6, 6.07) is 14.1. The SMILES string of the molecule is Cl.Clc1ccc(OCc2ccccc2Cl)c(CNC2CCCC2)c1. The van der Waals surface area contributed by atoms with E-state index in [1.807, 2.05) is 42.5 Å². The number of rotatable bonds is 6. The van der Waals surface area contributed by atoms with E-state index in [1.54, 1.807) is 0 Å². The summed E-state index contributed by atoms with van der Waals surface area (Å²) in [6.07, 6.45) is 5.17. The molecule has 1 aliphatic carbocycles. The molecule has 24 heavy (non-hydrogen) atoms. The van der Waals surface area contributed by atoms with Crippen LogP contribution in [0.5, 0.6) is 5.75 Å². The molecule has 2 aromatic carbocycles. The van der Waals surface area contributed by atoms with Crippen LogP contribution in [0, 0.1) is 0 Å². The highest BCUT2D eigenvalue weighted by Crippen LogP contribution is 2.26. The number of hydrogen-bond donors (Lipinski definition) is 1. The molecule has 1 N–H and O–H groups in total. The highest BCUT2D eigenvalue weighted by Gasteiger charge is 2.15. The van der Waals surface area contributed by atoms with Crippen LogP contribution >= 0.6 is 35.6 Å². The van der Waals surface area contributed by atoms with Gasteiger partial charge < -0.3 is 10.1 Å². The van der Waals surface area contributed by atoms with Crippen molar-refractivity contribution in [3.63, 3.8) is 0 Å². The zero-order chi connectivity index (χ0) is 16.1. The first-order valence-electron chi connectivity index (χ1n) is 8.10. The summed E-state index contributed by atoms with van der Waals surface area (Å²) in [5.41, 5.74) is 2.08. The molecular formula is C19H22Cl3NO. The van der Waals surface area contributed by atoms with Crippen LogP contribution < -0.4 is 10.1 Å². The molecule has 1 aliphatic rings. The molecule has 0 unspecified atom stereocenters. The van der Waals surface area contributed by atoms with E-state index in [0.717, 1.165) is 33.5 Å². The number of halogens is 3. The van der Waals surface area contributed by atoms with Crippen molar-refractivity contribution in [2.75, 3.05) is 0 Å². The Hall–Kier alpha value is -0.930. The maximum absolute atomic E-state index is 6.19. The Morgan fingerprint density at radius 2 is 1.75 bits per heavy atom. The lowest BCUT2D eigenvalue weighted by Gasteiger charge is -2.16. The largest absolute Gasteiger partial charge is 0.489 e. The maximum atomic E-state index is 6.19. The van der Waals surface area contributed by atoms with Gasteiger partial charge in [0.05, 0.1) is 0 Å². The Morgan fingerprint density at radius 3 is 2.50 bits per heavy atom. The lowest BCUT2D eigenvalue weighted by Crippen LogP contribution is -2.25. The minimum atomic E-state index is 0. The van der Waals surface area contributed by atoms with Gasteiger partial charge in [-0.2, -0.15) is 0 Å². The van der Waals surface area contributed by atoms with Gasteiger partial charge in [0.1, 0.15) is 12.4 Å². The first-order chi connectivity index (χ1) is 11.2. The van der Waals surface area contributed by atoms with Crippen LogP contribution in [-0.4, -0.2) is 6.04 Å². The number of benzene rings is 2. The Balaban J connectivity index is 0.00000208. The van der Waals surface area contributed by atoms with E-state index in [0.29, 0.717) is 12.6 Å². The Labute approximate surface area is 159 Å². The molecule has 130 valence electrons. The molecule has 3 rings (SSSR count). The zero-order valence-corrected chi connectivity index (χ0v) is 15.8. The summed E-state index contributed by atoms with van der Waals surface area (Å²) in [6.45, 7) is 1.24. The van der Waals surface area contributed by atoms with Crippen molar-refractivity contribution in [2.45, 2.75) is 44.9 Å². The third kappa shape index (κ3) is 5.29. The van der Waals surface area contributed by atoms with E-state index in [9.17, 15) is 0 Å². The van der Waals surface area contributed by atoms with Crippen LogP contribution in [0.4, 0.5) is 0 Å². The van der Waals surface area contributed by atoms with Crippen molar-refractivity contribution >= 4 is 35.6 Å². The lowest BCUT2D eigenvalue weighted by molar-refractivity contribution is 0.301. The molecule has 0 bridgehead atoms. The normalized spacial score (nSPS) is 14.4. The molecule has 0 aromatic heterocycles. The van der Waals surface area contributed by atoms with Gasteiger partial charge in [-0.1, -0.05) is 54.2 Å². The van der Waals surface area contributed by atoms with Crippen LogP contribution in [-0.2, 0) is 13.2 Å². The molecule has 1 saturated carbocycles. The van der Waals surface area contributed by atoms with Gasteiger partial charge in [-0.15, -0.1) is 12.4 Å². The molecule has 0 saturated heterocycles. The van der Waals surface area contributed by atoms with E-state index in [-0.39, 0.29) is 12.4 Å². The Bertz CT molecular complexity index is 657. The van der Waals surface area contributed by atoms with Gasteiger partial charge >= 0.3 is 0 Å². The molecule has 2 nitrogen and oxygen atoms in total. The molecule has 1 fully saturated rings. The predicted molar refractivity (Wildman–Crippen MR) is 104 cm³/mol. The maximum Gasteiger partial charge on any atom is 0.124 e. The molecule has 5 heteroatoms. The van der Waals surface area contributed by atoms with Crippen molar-refractivity contribution in [1.82, 2.24) is 5.32 Å². The minimum absolute atomic E-state index is 0. The number of hydrogen-bond acceptors (Lipinski definition) is 2. The highest BCUT2D eigenvalue weighted by molar-refractivity contribution is 6.31. The van der Waals surface area contributed by atoms with Crippen LogP contribution in [0.1, 0.15) is 36.8 Å². The number of nitrogens with one attached hydrogen (secondary N) is 1. The second-order valence-electron chi connectivity index (χ2n) is 5.99. The average molecular weight is 387 g/mol. The van der Waals surface area contributed by atoms with Gasteiger partial charge in [0, 0.05) is 33.8 Å². The van der Waals surface area contributed by atoms with E-state index in [4.69, 9.17) is 27.9 Å². The monoisotopic (exact) mass is 385 g/mol. The van der Waals surface area contributed by atoms with Gasteiger partial charge in [-0.05, 0) is 37.1 Å². The summed E-state index contributed by atoms with van der Waals surface area (Å²) < 4.78 is 5.99. The highest BCUT2D eigenvalue weighted by atomic mass is 35.5. The van der Waals surface area contributed by atoms with E-state index >= 15 is 0 Å². The van der Waals surface area contributed by atoms with Gasteiger partial charge in [0.15, 0.2) is 0 Å². The second kappa shape index (κ2) is 9.53. The standard InChI is InChI=1S/C19H21Cl2NO.ClH/c20-16-9-10-19(23-13-14-5-1-4-8-18(14)21)15(11-16)12-22-17-6-2-3-7-17;/h1,4-5,8-11,17,22H,2-3,6-7,12-13H2;1H. The molecule has 0 aliphatic heterocycles. The fourth-order valence-corrected chi connectivity index (χ4v) is 3.37. The van der Waals surface area contributed by atoms with Gasteiger partial charge in [0.25, 0.3) is 0 Å². The average Bonchev–Trinajstić information content (AvgIpc) is 3.07. The van der Waals surface area contributed by atoms with Crippen LogP contribution in [0.25, 0.3) is 0 Å². The van der Waals surface area contributed by atoms with Crippen molar-refractivity contribution in [2.24, 2.45) is 0 Å². The fourth-order valence-electron chi connectivity index (χ4n) is 2.98. The summed E-state index contributed by atoms with van der Waals surface area (Å²) in [7, 11) is 0. The number of ether oxygens (including phenoxy) is 1. The second-order valence-corrected chi connectivity index (χ2v) is 6.84. The van der Waals surface area contributed by atoms with Crippen molar-refractivity contribution < 1.29 is 4.74 Å². The van der Waals surface area contributed by atoms with Crippen LogP contribution in [0.15, 0.2) is 42.5 Å². The molecule has 0 amide bonds. The Kier molecular flexibility index (Phi) is 7.70. The fraction of sp³-hybridized carbons (Fsp3) is 0.368. The quantitative estimate of drug-likeness (QED) is 0.654. The third-order valence-electron chi connectivity index (χ3n) is 4.30. The lowest BCUT2D eigenvalue weighted by atomic mass is 10.1. The minimum Gasteiger partial charge on any atom is -0.489 e. The summed E-state index contributed by atoms with van der Waals surface area (Å²) >= 11 is 12.3. The van der Waals surface area contributed by atoms with Crippen molar-refractivity contribution in [3.05, 3.63) is 63.6 Å². The van der Waals surface area contributed by atoms with Crippen molar-refractivity contribution in [3.8, 4) is 5.75 Å². The molecular weight excluding hydrogens is 365 g/mol. The predicted octanol–water partition coefficient (Wildman–Crippen LogP) is 6.03. The summed E-state index contributed by atoms with van der Waals surface area (Å²) in [4.78, 5) is 0. The van der Waals surface area contributed by atoms with E-state index < -0.39 is 0 Å². The van der Waals surface area contributed by atoms with Crippen molar-refractivity contribution in [1.29, 1.82) is 0 Å². The molecule has 0 heterocycles. The third-order valence-corrected chi connectivity index (χ3v) is 4.90. The van der Waals surface area contributed by atoms with E-state index in [1.165, 1.54) is 25.7 Å².